The summed E-state index contributed by atoms with van der Waals surface area (Å²) in [5.74, 6) is -1.08. The van der Waals surface area contributed by atoms with Gasteiger partial charge < -0.3 is 52.1 Å². The molecule has 0 aromatic rings. The van der Waals surface area contributed by atoms with Crippen molar-refractivity contribution in [2.24, 2.45) is 0 Å². The molecule has 0 saturated carbocycles. The Morgan fingerprint density at radius 1 is 0.600 bits per heavy atom. The third-order valence-corrected chi connectivity index (χ3v) is 5.88. The van der Waals surface area contributed by atoms with Crippen molar-refractivity contribution in [3.8, 4) is 0 Å². The maximum atomic E-state index is 12.0. The Balaban J connectivity index is 2.37. The first-order chi connectivity index (χ1) is 16.8. The van der Waals surface area contributed by atoms with Crippen molar-refractivity contribution < 1.29 is 61.7 Å². The summed E-state index contributed by atoms with van der Waals surface area (Å²) < 4.78 is 62.4. The summed E-state index contributed by atoms with van der Waals surface area (Å²) in [6, 6.07) is 0. The second-order valence-electron chi connectivity index (χ2n) is 8.06. The van der Waals surface area contributed by atoms with Crippen LogP contribution in [0.3, 0.4) is 0 Å². The third kappa shape index (κ3) is 7.31. The van der Waals surface area contributed by atoms with Crippen molar-refractivity contribution >= 4 is 11.9 Å². The van der Waals surface area contributed by atoms with Gasteiger partial charge >= 0.3 is 11.9 Å². The maximum absolute atomic E-state index is 12.0. The predicted octanol–water partition coefficient (Wildman–Crippen LogP) is -0.331. The molecule has 0 unspecified atom stereocenters. The molecular formula is C22H38O13. The Bertz CT molecular complexity index is 661. The molecule has 0 amide bonds. The molecule has 2 rings (SSSR count). The summed E-state index contributed by atoms with van der Waals surface area (Å²) in [5.41, 5.74) is 0. The van der Waals surface area contributed by atoms with Crippen LogP contribution in [0.5, 0.6) is 0 Å². The van der Waals surface area contributed by atoms with E-state index in [0.717, 1.165) is 0 Å². The van der Waals surface area contributed by atoms with Crippen LogP contribution < -0.4 is 0 Å². The average Bonchev–Trinajstić information content (AvgIpc) is 2.82. The smallest absolute Gasteiger partial charge is 0.303 e. The normalized spacial score (nSPS) is 37.6. The molecule has 2 aliphatic heterocycles. The summed E-state index contributed by atoms with van der Waals surface area (Å²) >= 11 is 0. The van der Waals surface area contributed by atoms with Crippen LogP contribution in [0.4, 0.5) is 0 Å². The Morgan fingerprint density at radius 2 is 1.14 bits per heavy atom. The second kappa shape index (κ2) is 14.4. The van der Waals surface area contributed by atoms with Crippen LogP contribution in [-0.2, 0) is 61.7 Å². The van der Waals surface area contributed by atoms with E-state index < -0.39 is 73.4 Å². The third-order valence-electron chi connectivity index (χ3n) is 5.88. The number of carbonyl (C=O) groups excluding carboxylic acids is 2. The standard InChI is InChI=1S/C22H38O13/c1-11(23)31-10-14-16(27-5)18(32-12(2)24)20(21(30-8)33-14)35-22-19(29-7)17(28-6)15(26-4)13(34-22)9-25-3/h13-22H,9-10H2,1-8H3/t13-,14-,15+,16-,17+,18+,19-,20-,21+,22+/m1/s1. The minimum absolute atomic E-state index is 0.143. The zero-order valence-electron chi connectivity index (χ0n) is 21.5. The molecule has 0 N–H and O–H groups in total. The molecule has 35 heavy (non-hydrogen) atoms. The van der Waals surface area contributed by atoms with E-state index in [-0.39, 0.29) is 13.2 Å². The topological polar surface area (TPSA) is 136 Å². The van der Waals surface area contributed by atoms with Crippen LogP contribution in [0.1, 0.15) is 13.8 Å². The Labute approximate surface area is 205 Å². The molecule has 2 fully saturated rings. The summed E-state index contributed by atoms with van der Waals surface area (Å²) in [6.45, 7) is 2.59. The van der Waals surface area contributed by atoms with Crippen LogP contribution >= 0.6 is 0 Å². The van der Waals surface area contributed by atoms with Gasteiger partial charge in [0.25, 0.3) is 0 Å². The van der Waals surface area contributed by atoms with E-state index in [1.54, 1.807) is 0 Å². The first kappa shape index (κ1) is 29.8. The lowest BCUT2D eigenvalue weighted by molar-refractivity contribution is -0.370. The summed E-state index contributed by atoms with van der Waals surface area (Å²) in [5, 5.41) is 0. The number of rotatable bonds is 12. The molecule has 13 heteroatoms. The quantitative estimate of drug-likeness (QED) is 0.317. The Hall–Kier alpha value is -1.42. The molecule has 0 bridgehead atoms. The summed E-state index contributed by atoms with van der Waals surface area (Å²) in [6.07, 6.45) is -8.06. The van der Waals surface area contributed by atoms with E-state index in [4.69, 9.17) is 52.1 Å². The molecule has 10 atom stereocenters. The number of hydrogen-bond donors (Lipinski definition) is 0. The Kier molecular flexibility index (Phi) is 12.2. The molecule has 2 saturated heterocycles. The highest BCUT2D eigenvalue weighted by atomic mass is 16.8. The van der Waals surface area contributed by atoms with Gasteiger partial charge in [0, 0.05) is 56.5 Å². The van der Waals surface area contributed by atoms with Gasteiger partial charge in [-0.05, 0) is 0 Å². The molecule has 0 radical (unpaired) electrons. The van der Waals surface area contributed by atoms with E-state index in [0.29, 0.717) is 0 Å². The van der Waals surface area contributed by atoms with E-state index in [2.05, 4.69) is 0 Å². The van der Waals surface area contributed by atoms with Gasteiger partial charge in [-0.2, -0.15) is 0 Å². The SMILES string of the molecule is COC[C@H]1O[C@@H](O[C@H]2[C@@H](OC)O[C@H](COC(C)=O)[C@@H](OC)[C@@H]2OC(C)=O)[C@H](OC)[C@@H](OC)[C@H]1OC. The van der Waals surface area contributed by atoms with Crippen LogP contribution in [0.2, 0.25) is 0 Å². The highest BCUT2D eigenvalue weighted by Gasteiger charge is 2.54. The fraction of sp³-hybridized carbons (Fsp3) is 0.909. The van der Waals surface area contributed by atoms with Crippen LogP contribution in [0.25, 0.3) is 0 Å². The zero-order chi connectivity index (χ0) is 26.1. The van der Waals surface area contributed by atoms with Crippen LogP contribution in [0, 0.1) is 0 Å². The molecule has 0 aromatic carbocycles. The minimum atomic E-state index is -1.03. The molecular weight excluding hydrogens is 472 g/mol. The fourth-order valence-corrected chi connectivity index (χ4v) is 4.40. The van der Waals surface area contributed by atoms with Crippen LogP contribution in [-0.4, -0.2) is 129 Å². The summed E-state index contributed by atoms with van der Waals surface area (Å²) in [4.78, 5) is 23.4. The lowest BCUT2D eigenvalue weighted by atomic mass is 9.96. The lowest BCUT2D eigenvalue weighted by Crippen LogP contribution is -2.66. The molecule has 13 nitrogen and oxygen atoms in total. The fourth-order valence-electron chi connectivity index (χ4n) is 4.40. The lowest BCUT2D eigenvalue weighted by Gasteiger charge is -2.48. The minimum Gasteiger partial charge on any atom is -0.463 e. The molecule has 2 aliphatic rings. The number of esters is 2. The highest BCUT2D eigenvalue weighted by Crippen LogP contribution is 2.34. The second-order valence-corrected chi connectivity index (χ2v) is 8.06. The van der Waals surface area contributed by atoms with Crippen molar-refractivity contribution in [2.45, 2.75) is 75.3 Å². The van der Waals surface area contributed by atoms with Crippen molar-refractivity contribution in [3.05, 3.63) is 0 Å². The molecule has 204 valence electrons. The van der Waals surface area contributed by atoms with Crippen molar-refractivity contribution in [1.29, 1.82) is 0 Å². The van der Waals surface area contributed by atoms with Crippen LogP contribution in [0.15, 0.2) is 0 Å². The molecule has 0 aromatic heterocycles. The summed E-state index contributed by atoms with van der Waals surface area (Å²) in [7, 11) is 8.92. The van der Waals surface area contributed by atoms with Gasteiger partial charge in [-0.25, -0.2) is 0 Å². The number of hydrogen-bond acceptors (Lipinski definition) is 13. The highest BCUT2D eigenvalue weighted by molar-refractivity contribution is 5.66. The first-order valence-corrected chi connectivity index (χ1v) is 11.2. The van der Waals surface area contributed by atoms with Gasteiger partial charge in [-0.15, -0.1) is 0 Å². The van der Waals surface area contributed by atoms with Crippen molar-refractivity contribution in [1.82, 2.24) is 0 Å². The van der Waals surface area contributed by atoms with Gasteiger partial charge in [-0.3, -0.25) is 9.59 Å². The van der Waals surface area contributed by atoms with E-state index in [1.165, 1.54) is 56.5 Å². The largest absolute Gasteiger partial charge is 0.463 e. The zero-order valence-corrected chi connectivity index (χ0v) is 21.5. The monoisotopic (exact) mass is 510 g/mol. The van der Waals surface area contributed by atoms with Gasteiger partial charge in [0.2, 0.25) is 0 Å². The van der Waals surface area contributed by atoms with Gasteiger partial charge in [0.05, 0.1) is 6.61 Å². The number of carbonyl (C=O) groups is 2. The first-order valence-electron chi connectivity index (χ1n) is 11.2. The molecule has 0 aliphatic carbocycles. The maximum Gasteiger partial charge on any atom is 0.303 e. The Morgan fingerprint density at radius 3 is 1.63 bits per heavy atom. The van der Waals surface area contributed by atoms with E-state index >= 15 is 0 Å². The molecule has 2 heterocycles. The van der Waals surface area contributed by atoms with Gasteiger partial charge in [0.1, 0.15) is 43.2 Å². The van der Waals surface area contributed by atoms with Gasteiger partial charge in [-0.1, -0.05) is 0 Å². The van der Waals surface area contributed by atoms with E-state index in [9.17, 15) is 9.59 Å². The average molecular weight is 511 g/mol. The molecule has 0 spiro atoms. The predicted molar refractivity (Wildman–Crippen MR) is 116 cm³/mol. The number of methoxy groups -OCH3 is 6. The van der Waals surface area contributed by atoms with Crippen molar-refractivity contribution in [3.63, 3.8) is 0 Å². The van der Waals surface area contributed by atoms with E-state index in [1.807, 2.05) is 0 Å². The number of ether oxygens (including phenoxy) is 11. The van der Waals surface area contributed by atoms with Crippen molar-refractivity contribution in [2.75, 3.05) is 55.9 Å². The van der Waals surface area contributed by atoms with Gasteiger partial charge in [0.15, 0.2) is 24.8 Å².